The molecule has 0 unspecified atom stereocenters. The molecule has 0 aliphatic carbocycles. The average Bonchev–Trinajstić information content (AvgIpc) is 2.96. The SMILES string of the molecule is CCCCN(C)C(=O)c1ccc(-c2ccc(C(=O)Nc3ccc(OC)c(N4CCN(C)CC4)c3)cc2C)cc1. The predicted molar refractivity (Wildman–Crippen MR) is 159 cm³/mol. The third-order valence-corrected chi connectivity index (χ3v) is 7.41. The van der Waals surface area contributed by atoms with E-state index >= 15 is 0 Å². The number of hydrogen-bond donors (Lipinski definition) is 1. The van der Waals surface area contributed by atoms with E-state index < -0.39 is 0 Å². The molecule has 0 atom stereocenters. The molecule has 0 saturated carbocycles. The first-order valence-corrected chi connectivity index (χ1v) is 13.7. The van der Waals surface area contributed by atoms with Crippen LogP contribution in [0.3, 0.4) is 0 Å². The van der Waals surface area contributed by atoms with Gasteiger partial charge in [-0.15, -0.1) is 0 Å². The summed E-state index contributed by atoms with van der Waals surface area (Å²) in [6, 6.07) is 19.2. The van der Waals surface area contributed by atoms with Crippen LogP contribution < -0.4 is 15.0 Å². The van der Waals surface area contributed by atoms with Crippen molar-refractivity contribution < 1.29 is 14.3 Å². The lowest BCUT2D eigenvalue weighted by atomic mass is 9.97. The van der Waals surface area contributed by atoms with Gasteiger partial charge in [0.15, 0.2) is 0 Å². The number of aryl methyl sites for hydroxylation is 1. The van der Waals surface area contributed by atoms with Crippen molar-refractivity contribution in [2.24, 2.45) is 0 Å². The minimum Gasteiger partial charge on any atom is -0.495 e. The van der Waals surface area contributed by atoms with Gasteiger partial charge in [0, 0.05) is 56.6 Å². The Bertz CT molecular complexity index is 1300. The summed E-state index contributed by atoms with van der Waals surface area (Å²) in [6.45, 7) is 8.68. The zero-order chi connectivity index (χ0) is 27.9. The lowest BCUT2D eigenvalue weighted by molar-refractivity contribution is 0.0793. The van der Waals surface area contributed by atoms with E-state index in [4.69, 9.17) is 4.74 Å². The van der Waals surface area contributed by atoms with E-state index in [1.165, 1.54) is 0 Å². The number of nitrogens with one attached hydrogen (secondary N) is 1. The summed E-state index contributed by atoms with van der Waals surface area (Å²) in [5, 5.41) is 3.06. The standard InChI is InChI=1S/C32H40N4O3/c1-6-7-16-35(4)32(38)25-10-8-24(9-11-25)28-14-12-26(21-23(28)2)31(37)33-27-13-15-30(39-5)29(22-27)36-19-17-34(3)18-20-36/h8-15,21-22H,6-7,16-20H2,1-5H3,(H,33,37). The molecule has 1 saturated heterocycles. The molecule has 206 valence electrons. The molecule has 0 radical (unpaired) electrons. The van der Waals surface area contributed by atoms with Gasteiger partial charge in [-0.1, -0.05) is 31.5 Å². The fourth-order valence-electron chi connectivity index (χ4n) is 4.90. The number of unbranched alkanes of at least 4 members (excludes halogenated alkanes) is 1. The summed E-state index contributed by atoms with van der Waals surface area (Å²) in [6.07, 6.45) is 2.05. The highest BCUT2D eigenvalue weighted by molar-refractivity contribution is 6.05. The highest BCUT2D eigenvalue weighted by Gasteiger charge is 2.19. The van der Waals surface area contributed by atoms with Crippen molar-refractivity contribution in [2.75, 3.05) is 64.1 Å². The normalized spacial score (nSPS) is 13.7. The summed E-state index contributed by atoms with van der Waals surface area (Å²) in [5.74, 6) is 0.682. The molecule has 39 heavy (non-hydrogen) atoms. The second kappa shape index (κ2) is 12.8. The maximum Gasteiger partial charge on any atom is 0.255 e. The van der Waals surface area contributed by atoms with Crippen LogP contribution in [0, 0.1) is 6.92 Å². The van der Waals surface area contributed by atoms with Crippen LogP contribution >= 0.6 is 0 Å². The van der Waals surface area contributed by atoms with Crippen LogP contribution in [-0.2, 0) is 0 Å². The maximum absolute atomic E-state index is 13.2. The number of likely N-dealkylation sites (N-methyl/N-ethyl adjacent to an activating group) is 1. The van der Waals surface area contributed by atoms with Gasteiger partial charge in [-0.2, -0.15) is 0 Å². The van der Waals surface area contributed by atoms with E-state index in [9.17, 15) is 9.59 Å². The first kappa shape index (κ1) is 28.2. The number of ether oxygens (including phenoxy) is 1. The Morgan fingerprint density at radius 3 is 2.28 bits per heavy atom. The van der Waals surface area contributed by atoms with Gasteiger partial charge in [0.1, 0.15) is 5.75 Å². The molecule has 0 aromatic heterocycles. The minimum atomic E-state index is -0.157. The summed E-state index contributed by atoms with van der Waals surface area (Å²) >= 11 is 0. The lowest BCUT2D eigenvalue weighted by Gasteiger charge is -2.35. The molecule has 0 bridgehead atoms. The molecule has 2 amide bonds. The number of methoxy groups -OCH3 is 1. The van der Waals surface area contributed by atoms with Gasteiger partial charge in [-0.25, -0.2) is 0 Å². The Morgan fingerprint density at radius 2 is 1.64 bits per heavy atom. The number of benzene rings is 3. The van der Waals surface area contributed by atoms with Gasteiger partial charge < -0.3 is 24.8 Å². The number of nitrogens with zero attached hydrogens (tertiary/aromatic N) is 3. The van der Waals surface area contributed by atoms with Crippen LogP contribution in [0.1, 0.15) is 46.0 Å². The van der Waals surface area contributed by atoms with Crippen molar-refractivity contribution in [2.45, 2.75) is 26.7 Å². The molecule has 7 heteroatoms. The molecular formula is C32H40N4O3. The smallest absolute Gasteiger partial charge is 0.255 e. The van der Waals surface area contributed by atoms with Crippen LogP contribution in [-0.4, -0.2) is 75.5 Å². The lowest BCUT2D eigenvalue weighted by Crippen LogP contribution is -2.44. The Hall–Kier alpha value is -3.84. The van der Waals surface area contributed by atoms with Crippen LogP contribution in [0.4, 0.5) is 11.4 Å². The molecular weight excluding hydrogens is 488 g/mol. The van der Waals surface area contributed by atoms with Crippen molar-refractivity contribution >= 4 is 23.2 Å². The highest BCUT2D eigenvalue weighted by Crippen LogP contribution is 2.32. The van der Waals surface area contributed by atoms with Gasteiger partial charge in [-0.3, -0.25) is 9.59 Å². The molecule has 1 aliphatic heterocycles. The number of carbonyl (C=O) groups is 2. The number of piperazine rings is 1. The number of hydrogen-bond acceptors (Lipinski definition) is 5. The van der Waals surface area contributed by atoms with Gasteiger partial charge in [0.2, 0.25) is 0 Å². The van der Waals surface area contributed by atoms with Crippen molar-refractivity contribution in [1.29, 1.82) is 0 Å². The minimum absolute atomic E-state index is 0.0352. The van der Waals surface area contributed by atoms with E-state index in [0.29, 0.717) is 11.1 Å². The Morgan fingerprint density at radius 1 is 0.949 bits per heavy atom. The van der Waals surface area contributed by atoms with Crippen LogP contribution in [0.5, 0.6) is 5.75 Å². The highest BCUT2D eigenvalue weighted by atomic mass is 16.5. The Kier molecular flexibility index (Phi) is 9.25. The van der Waals surface area contributed by atoms with Crippen molar-refractivity contribution in [3.05, 3.63) is 77.4 Å². The number of amides is 2. The number of rotatable bonds is 9. The second-order valence-electron chi connectivity index (χ2n) is 10.3. The number of carbonyl (C=O) groups excluding carboxylic acids is 2. The number of anilines is 2. The maximum atomic E-state index is 13.2. The third kappa shape index (κ3) is 6.79. The van der Waals surface area contributed by atoms with E-state index in [0.717, 1.165) is 79.4 Å². The molecule has 0 spiro atoms. The predicted octanol–water partition coefficient (Wildman–Crippen LogP) is 5.55. The van der Waals surface area contributed by atoms with Crippen molar-refractivity contribution in [3.8, 4) is 16.9 Å². The average molecular weight is 529 g/mol. The molecule has 1 heterocycles. The fraction of sp³-hybridized carbons (Fsp3) is 0.375. The Labute approximate surface area is 232 Å². The molecule has 4 rings (SSSR count). The largest absolute Gasteiger partial charge is 0.495 e. The molecule has 3 aromatic carbocycles. The van der Waals surface area contributed by atoms with E-state index in [1.54, 1.807) is 12.0 Å². The molecule has 7 nitrogen and oxygen atoms in total. The summed E-state index contributed by atoms with van der Waals surface area (Å²) in [5.41, 5.74) is 6.05. The zero-order valence-electron chi connectivity index (χ0n) is 23.8. The van der Waals surface area contributed by atoms with Gasteiger partial charge in [0.25, 0.3) is 11.8 Å². The van der Waals surface area contributed by atoms with Gasteiger partial charge in [0.05, 0.1) is 12.8 Å². The first-order chi connectivity index (χ1) is 18.8. The molecule has 3 aromatic rings. The zero-order valence-corrected chi connectivity index (χ0v) is 23.8. The molecule has 1 N–H and O–H groups in total. The summed E-state index contributed by atoms with van der Waals surface area (Å²) in [7, 11) is 5.65. The quantitative estimate of drug-likeness (QED) is 0.395. The summed E-state index contributed by atoms with van der Waals surface area (Å²) in [4.78, 5) is 32.2. The van der Waals surface area contributed by atoms with Crippen LogP contribution in [0.15, 0.2) is 60.7 Å². The first-order valence-electron chi connectivity index (χ1n) is 13.7. The second-order valence-corrected chi connectivity index (χ2v) is 10.3. The van der Waals surface area contributed by atoms with E-state index in [-0.39, 0.29) is 11.8 Å². The van der Waals surface area contributed by atoms with Crippen molar-refractivity contribution in [3.63, 3.8) is 0 Å². The summed E-state index contributed by atoms with van der Waals surface area (Å²) < 4.78 is 5.60. The van der Waals surface area contributed by atoms with Gasteiger partial charge >= 0.3 is 0 Å². The van der Waals surface area contributed by atoms with Crippen LogP contribution in [0.25, 0.3) is 11.1 Å². The van der Waals surface area contributed by atoms with E-state index in [1.807, 2.05) is 74.6 Å². The Balaban J connectivity index is 1.46. The monoisotopic (exact) mass is 528 g/mol. The molecule has 1 aliphatic rings. The molecule has 1 fully saturated rings. The fourth-order valence-corrected chi connectivity index (χ4v) is 4.90. The topological polar surface area (TPSA) is 65.1 Å². The van der Waals surface area contributed by atoms with Gasteiger partial charge in [-0.05, 0) is 79.5 Å². The van der Waals surface area contributed by atoms with Crippen LogP contribution in [0.2, 0.25) is 0 Å². The van der Waals surface area contributed by atoms with E-state index in [2.05, 4.69) is 29.1 Å². The van der Waals surface area contributed by atoms with Crippen molar-refractivity contribution in [1.82, 2.24) is 9.80 Å². The third-order valence-electron chi connectivity index (χ3n) is 7.41.